The second-order valence-electron chi connectivity index (χ2n) is 2.44. The summed E-state index contributed by atoms with van der Waals surface area (Å²) in [5.74, 6) is -0.166. The standard InChI is InChI=1S/C9H9NO4/c1-13-7-4-2-6(3-5-7)8(11)14-9(10)12/h2-5H,1H3,(H2,10,12). The summed E-state index contributed by atoms with van der Waals surface area (Å²) < 4.78 is 9.06. The molecule has 1 aromatic carbocycles. The van der Waals surface area contributed by atoms with Crippen LogP contribution in [0.15, 0.2) is 24.3 Å². The Labute approximate surface area is 80.4 Å². The summed E-state index contributed by atoms with van der Waals surface area (Å²) in [5.41, 5.74) is 4.92. The number of primary amides is 1. The lowest BCUT2D eigenvalue weighted by Crippen LogP contribution is -2.18. The van der Waals surface area contributed by atoms with E-state index in [1.54, 1.807) is 12.1 Å². The van der Waals surface area contributed by atoms with Gasteiger partial charge in [0.05, 0.1) is 12.7 Å². The Kier molecular flexibility index (Phi) is 3.06. The van der Waals surface area contributed by atoms with E-state index in [4.69, 9.17) is 4.74 Å². The van der Waals surface area contributed by atoms with E-state index >= 15 is 0 Å². The first kappa shape index (κ1) is 10.0. The van der Waals surface area contributed by atoms with Crippen LogP contribution in [0.5, 0.6) is 5.75 Å². The van der Waals surface area contributed by atoms with Gasteiger partial charge in [-0.3, -0.25) is 0 Å². The van der Waals surface area contributed by atoms with Crippen molar-refractivity contribution < 1.29 is 19.1 Å². The lowest BCUT2D eigenvalue weighted by molar-refractivity contribution is 0.0638. The molecule has 1 aromatic rings. The van der Waals surface area contributed by atoms with E-state index in [-0.39, 0.29) is 5.56 Å². The smallest absolute Gasteiger partial charge is 0.412 e. The number of ether oxygens (including phenoxy) is 2. The van der Waals surface area contributed by atoms with Crippen LogP contribution in [0.1, 0.15) is 10.4 Å². The minimum absolute atomic E-state index is 0.240. The first-order valence-electron chi connectivity index (χ1n) is 3.79. The van der Waals surface area contributed by atoms with Gasteiger partial charge in [-0.05, 0) is 24.3 Å². The van der Waals surface area contributed by atoms with Gasteiger partial charge in [-0.1, -0.05) is 0 Å². The summed E-state index contributed by atoms with van der Waals surface area (Å²) in [6.45, 7) is 0. The molecule has 0 spiro atoms. The van der Waals surface area contributed by atoms with E-state index in [9.17, 15) is 9.59 Å². The molecule has 0 radical (unpaired) electrons. The van der Waals surface area contributed by atoms with Crippen LogP contribution in [0.2, 0.25) is 0 Å². The van der Waals surface area contributed by atoms with Crippen molar-refractivity contribution in [1.82, 2.24) is 0 Å². The van der Waals surface area contributed by atoms with E-state index in [2.05, 4.69) is 10.5 Å². The molecule has 1 rings (SSSR count). The third kappa shape index (κ3) is 2.48. The Morgan fingerprint density at radius 2 is 1.79 bits per heavy atom. The van der Waals surface area contributed by atoms with Crippen molar-refractivity contribution in [2.45, 2.75) is 0 Å². The molecule has 0 saturated heterocycles. The fourth-order valence-corrected chi connectivity index (χ4v) is 0.877. The number of hydrogen-bond acceptors (Lipinski definition) is 4. The van der Waals surface area contributed by atoms with Gasteiger partial charge in [0.2, 0.25) is 0 Å². The van der Waals surface area contributed by atoms with Crippen molar-refractivity contribution in [2.75, 3.05) is 7.11 Å². The van der Waals surface area contributed by atoms with E-state index in [1.807, 2.05) is 0 Å². The monoisotopic (exact) mass is 195 g/mol. The zero-order chi connectivity index (χ0) is 10.6. The summed E-state index contributed by atoms with van der Waals surface area (Å²) >= 11 is 0. The Morgan fingerprint density at radius 1 is 1.21 bits per heavy atom. The predicted octanol–water partition coefficient (Wildman–Crippen LogP) is 0.931. The fourth-order valence-electron chi connectivity index (χ4n) is 0.877. The number of rotatable bonds is 2. The maximum atomic E-state index is 11.1. The molecule has 0 fully saturated rings. The highest BCUT2D eigenvalue weighted by Gasteiger charge is 2.09. The normalized spacial score (nSPS) is 9.21. The number of benzene rings is 1. The van der Waals surface area contributed by atoms with Gasteiger partial charge in [-0.2, -0.15) is 0 Å². The highest BCUT2D eigenvalue weighted by molar-refractivity contribution is 5.96. The number of esters is 1. The molecule has 0 aromatic heterocycles. The average Bonchev–Trinajstić information content (AvgIpc) is 2.17. The molecule has 1 amide bonds. The van der Waals surface area contributed by atoms with Crippen LogP contribution in [-0.2, 0) is 4.74 Å². The molecule has 0 unspecified atom stereocenters. The molecule has 0 heterocycles. The molecule has 2 N–H and O–H groups in total. The maximum Gasteiger partial charge on any atom is 0.412 e. The number of carbonyl (C=O) groups is 2. The SMILES string of the molecule is COc1ccc(C(=O)OC(N)=O)cc1. The van der Waals surface area contributed by atoms with Crippen molar-refractivity contribution in [3.8, 4) is 5.75 Å². The van der Waals surface area contributed by atoms with Crippen molar-refractivity contribution in [2.24, 2.45) is 5.73 Å². The minimum atomic E-state index is -1.12. The van der Waals surface area contributed by atoms with Crippen molar-refractivity contribution in [3.63, 3.8) is 0 Å². The van der Waals surface area contributed by atoms with E-state index in [1.165, 1.54) is 19.2 Å². The van der Waals surface area contributed by atoms with E-state index < -0.39 is 12.1 Å². The number of nitrogens with two attached hydrogens (primary N) is 1. The number of hydrogen-bond donors (Lipinski definition) is 1. The van der Waals surface area contributed by atoms with Gasteiger partial charge < -0.3 is 15.2 Å². The highest BCUT2D eigenvalue weighted by Crippen LogP contribution is 2.11. The summed E-state index contributed by atoms with van der Waals surface area (Å²) in [7, 11) is 1.51. The predicted molar refractivity (Wildman–Crippen MR) is 48.0 cm³/mol. The molecule has 0 atom stereocenters. The Bertz CT molecular complexity index is 344. The van der Waals surface area contributed by atoms with Crippen molar-refractivity contribution in [3.05, 3.63) is 29.8 Å². The maximum absolute atomic E-state index is 11.1. The van der Waals surface area contributed by atoms with Gasteiger partial charge in [0.25, 0.3) is 0 Å². The number of amides is 1. The van der Waals surface area contributed by atoms with Crippen LogP contribution in [0.25, 0.3) is 0 Å². The molecule has 0 saturated carbocycles. The van der Waals surface area contributed by atoms with Gasteiger partial charge in [0.15, 0.2) is 0 Å². The van der Waals surface area contributed by atoms with E-state index in [0.29, 0.717) is 5.75 Å². The Hall–Kier alpha value is -2.04. The van der Waals surface area contributed by atoms with Crippen LogP contribution in [0.3, 0.4) is 0 Å². The molecular weight excluding hydrogens is 186 g/mol. The zero-order valence-electron chi connectivity index (χ0n) is 7.52. The molecule has 0 aliphatic heterocycles. The summed E-state index contributed by atoms with van der Waals surface area (Å²) in [5, 5.41) is 0. The Morgan fingerprint density at radius 3 is 2.21 bits per heavy atom. The fraction of sp³-hybridized carbons (Fsp3) is 0.111. The van der Waals surface area contributed by atoms with Crippen LogP contribution >= 0.6 is 0 Å². The van der Waals surface area contributed by atoms with Crippen LogP contribution < -0.4 is 10.5 Å². The zero-order valence-corrected chi connectivity index (χ0v) is 7.52. The van der Waals surface area contributed by atoms with Crippen LogP contribution in [0, 0.1) is 0 Å². The van der Waals surface area contributed by atoms with Crippen molar-refractivity contribution >= 4 is 12.1 Å². The quantitative estimate of drug-likeness (QED) is 0.562. The lowest BCUT2D eigenvalue weighted by Gasteiger charge is -2.01. The molecule has 5 heteroatoms. The van der Waals surface area contributed by atoms with Gasteiger partial charge >= 0.3 is 12.1 Å². The molecule has 14 heavy (non-hydrogen) atoms. The van der Waals surface area contributed by atoms with Crippen LogP contribution in [0.4, 0.5) is 4.79 Å². The van der Waals surface area contributed by atoms with Gasteiger partial charge in [0.1, 0.15) is 5.75 Å². The van der Waals surface area contributed by atoms with Crippen molar-refractivity contribution in [1.29, 1.82) is 0 Å². The van der Waals surface area contributed by atoms with E-state index in [0.717, 1.165) is 0 Å². The Balaban J connectivity index is 2.76. The molecule has 0 aliphatic carbocycles. The average molecular weight is 195 g/mol. The third-order valence-electron chi connectivity index (χ3n) is 1.52. The second kappa shape index (κ2) is 4.27. The summed E-state index contributed by atoms with van der Waals surface area (Å²) in [4.78, 5) is 21.4. The van der Waals surface area contributed by atoms with Gasteiger partial charge in [0, 0.05) is 0 Å². The minimum Gasteiger partial charge on any atom is -0.497 e. The largest absolute Gasteiger partial charge is 0.497 e. The molecule has 0 aliphatic rings. The summed E-state index contributed by atoms with van der Waals surface area (Å²) in [6, 6.07) is 6.11. The molecule has 0 bridgehead atoms. The second-order valence-corrected chi connectivity index (χ2v) is 2.44. The molecule has 74 valence electrons. The van der Waals surface area contributed by atoms with Gasteiger partial charge in [-0.25, -0.2) is 9.59 Å². The van der Waals surface area contributed by atoms with Crippen LogP contribution in [-0.4, -0.2) is 19.2 Å². The van der Waals surface area contributed by atoms with Gasteiger partial charge in [-0.15, -0.1) is 0 Å². The third-order valence-corrected chi connectivity index (χ3v) is 1.52. The number of methoxy groups -OCH3 is 1. The topological polar surface area (TPSA) is 78.6 Å². The lowest BCUT2D eigenvalue weighted by atomic mass is 10.2. The molecular formula is C9H9NO4. The molecule has 5 nitrogen and oxygen atoms in total. The first-order chi connectivity index (χ1) is 6.63. The first-order valence-corrected chi connectivity index (χ1v) is 3.79. The number of carbonyl (C=O) groups excluding carboxylic acids is 2. The highest BCUT2D eigenvalue weighted by atomic mass is 16.6. The summed E-state index contributed by atoms with van der Waals surface area (Å²) in [6.07, 6.45) is -1.12.